The monoisotopic (exact) mass is 422 g/mol. The van der Waals surface area contributed by atoms with E-state index in [4.69, 9.17) is 18.4 Å². The van der Waals surface area contributed by atoms with Crippen LogP contribution in [0.1, 0.15) is 22.3 Å². The van der Waals surface area contributed by atoms with Crippen molar-refractivity contribution in [2.75, 3.05) is 40.1 Å². The second kappa shape index (κ2) is 12.3. The van der Waals surface area contributed by atoms with Crippen molar-refractivity contribution < 1.29 is 31.6 Å². The summed E-state index contributed by atoms with van der Waals surface area (Å²) >= 11 is 0. The smallest absolute Gasteiger partial charge is 0.339 e. The third kappa shape index (κ3) is 7.94. The molecule has 0 atom stereocenters. The Bertz CT molecular complexity index is 850. The van der Waals surface area contributed by atoms with Gasteiger partial charge in [-0.25, -0.2) is 4.79 Å². The summed E-state index contributed by atoms with van der Waals surface area (Å²) in [6.45, 7) is 1.05. The molecular weight excluding hydrogens is 396 g/mol. The summed E-state index contributed by atoms with van der Waals surface area (Å²) in [6, 6.07) is 15.6. The fourth-order valence-corrected chi connectivity index (χ4v) is 3.65. The molecule has 7 nitrogen and oxygen atoms in total. The summed E-state index contributed by atoms with van der Waals surface area (Å²) < 4.78 is 45.4. The average molecular weight is 422 g/mol. The van der Waals surface area contributed by atoms with Crippen molar-refractivity contribution in [2.24, 2.45) is 0 Å². The molecule has 0 aromatic heterocycles. The Morgan fingerprint density at radius 3 is 2.31 bits per heavy atom. The fourth-order valence-electron chi connectivity index (χ4n) is 2.52. The molecule has 0 bridgehead atoms. The third-order valence-electron chi connectivity index (χ3n) is 3.96. The molecule has 0 heterocycles. The molecule has 0 saturated heterocycles. The van der Waals surface area contributed by atoms with Gasteiger partial charge in [-0.3, -0.25) is 4.18 Å². The van der Waals surface area contributed by atoms with Crippen LogP contribution in [0.3, 0.4) is 0 Å². The largest absolute Gasteiger partial charge is 0.460 e. The Balaban J connectivity index is 1.88. The second-order valence-corrected chi connectivity index (χ2v) is 7.69. The van der Waals surface area contributed by atoms with E-state index in [0.29, 0.717) is 26.1 Å². The number of carbonyl (C=O) groups excluding carboxylic acids is 1. The predicted octanol–water partition coefficient (Wildman–Crippen LogP) is 2.84. The number of aryl methyl sites for hydroxylation is 1. The van der Waals surface area contributed by atoms with Crippen LogP contribution in [0, 0.1) is 0 Å². The van der Waals surface area contributed by atoms with Gasteiger partial charge in [0.15, 0.2) is 0 Å². The molecule has 0 radical (unpaired) electrons. The lowest BCUT2D eigenvalue weighted by Gasteiger charge is -2.11. The first-order valence-corrected chi connectivity index (χ1v) is 10.7. The summed E-state index contributed by atoms with van der Waals surface area (Å²) in [7, 11) is -2.52. The molecule has 158 valence electrons. The van der Waals surface area contributed by atoms with E-state index in [-0.39, 0.29) is 30.3 Å². The number of carbonyl (C=O) groups is 1. The maximum Gasteiger partial charge on any atom is 0.339 e. The molecule has 0 amide bonds. The maximum atomic E-state index is 12.5. The molecule has 0 aliphatic rings. The summed E-state index contributed by atoms with van der Waals surface area (Å²) in [5.41, 5.74) is 1.04. The molecule has 0 saturated carbocycles. The predicted molar refractivity (Wildman–Crippen MR) is 107 cm³/mol. The van der Waals surface area contributed by atoms with E-state index in [1.807, 2.05) is 30.3 Å². The number of hydrogen-bond donors (Lipinski definition) is 0. The van der Waals surface area contributed by atoms with Crippen LogP contribution in [0.2, 0.25) is 0 Å². The molecule has 0 unspecified atom stereocenters. The van der Waals surface area contributed by atoms with Crippen LogP contribution < -0.4 is 0 Å². The molecule has 0 aliphatic carbocycles. The van der Waals surface area contributed by atoms with E-state index in [1.165, 1.54) is 18.2 Å². The van der Waals surface area contributed by atoms with Gasteiger partial charge in [0.2, 0.25) is 0 Å². The number of esters is 1. The maximum absolute atomic E-state index is 12.5. The highest BCUT2D eigenvalue weighted by molar-refractivity contribution is 7.86. The van der Waals surface area contributed by atoms with Crippen LogP contribution >= 0.6 is 0 Å². The molecule has 2 rings (SSSR count). The van der Waals surface area contributed by atoms with Crippen LogP contribution in [0.25, 0.3) is 0 Å². The average Bonchev–Trinajstić information content (AvgIpc) is 2.74. The standard InChI is InChI=1S/C21H26O7S/c1-25-14-15-26-16-17-27-21(22)19-11-5-6-12-20(19)29(23,24)28-13-7-10-18-8-3-2-4-9-18/h2-6,8-9,11-12H,7,10,13-17H2,1H3. The number of benzene rings is 2. The van der Waals surface area contributed by atoms with Gasteiger partial charge in [-0.1, -0.05) is 42.5 Å². The van der Waals surface area contributed by atoms with Crippen LogP contribution in [-0.4, -0.2) is 54.5 Å². The molecule has 2 aromatic carbocycles. The molecule has 0 spiro atoms. The molecule has 8 heteroatoms. The number of hydrogen-bond acceptors (Lipinski definition) is 7. The van der Waals surface area contributed by atoms with Crippen LogP contribution in [0.5, 0.6) is 0 Å². The van der Waals surface area contributed by atoms with Crippen molar-refractivity contribution in [3.8, 4) is 0 Å². The highest BCUT2D eigenvalue weighted by Crippen LogP contribution is 2.19. The zero-order valence-corrected chi connectivity index (χ0v) is 17.2. The number of methoxy groups -OCH3 is 1. The Hall–Kier alpha value is -2.26. The van der Waals surface area contributed by atoms with E-state index in [2.05, 4.69) is 0 Å². The normalized spacial score (nSPS) is 11.3. The Labute approximate surface area is 171 Å². The SMILES string of the molecule is COCCOCCOC(=O)c1ccccc1S(=O)(=O)OCCCc1ccccc1. The van der Waals surface area contributed by atoms with Gasteiger partial charge in [0, 0.05) is 7.11 Å². The molecule has 0 aliphatic heterocycles. The zero-order valence-electron chi connectivity index (χ0n) is 16.4. The second-order valence-electron chi connectivity index (χ2n) is 6.10. The van der Waals surface area contributed by atoms with Crippen LogP contribution in [-0.2, 0) is 34.9 Å². The topological polar surface area (TPSA) is 88.1 Å². The lowest BCUT2D eigenvalue weighted by Crippen LogP contribution is -2.17. The Kier molecular flexibility index (Phi) is 9.79. The highest BCUT2D eigenvalue weighted by atomic mass is 32.2. The van der Waals surface area contributed by atoms with Crippen molar-refractivity contribution in [1.82, 2.24) is 0 Å². The minimum absolute atomic E-state index is 0.00879. The Morgan fingerprint density at radius 1 is 0.862 bits per heavy atom. The van der Waals surface area contributed by atoms with Crippen molar-refractivity contribution in [3.05, 3.63) is 65.7 Å². The zero-order chi connectivity index (χ0) is 21.0. The molecule has 0 fully saturated rings. The molecular formula is C21H26O7S. The van der Waals surface area contributed by atoms with Gasteiger partial charge in [0.05, 0.1) is 32.0 Å². The minimum atomic E-state index is -4.08. The fraction of sp³-hybridized carbons (Fsp3) is 0.381. The third-order valence-corrected chi connectivity index (χ3v) is 5.33. The Morgan fingerprint density at radius 2 is 1.55 bits per heavy atom. The number of ether oxygens (including phenoxy) is 3. The van der Waals surface area contributed by atoms with E-state index < -0.39 is 16.1 Å². The molecule has 2 aromatic rings. The summed E-state index contributed by atoms with van der Waals surface area (Å²) in [6.07, 6.45) is 1.23. The van der Waals surface area contributed by atoms with Gasteiger partial charge in [-0.15, -0.1) is 0 Å². The summed E-state index contributed by atoms with van der Waals surface area (Å²) in [5, 5.41) is 0. The van der Waals surface area contributed by atoms with Gasteiger partial charge < -0.3 is 14.2 Å². The van der Waals surface area contributed by atoms with Gasteiger partial charge in [-0.05, 0) is 30.5 Å². The van der Waals surface area contributed by atoms with E-state index in [0.717, 1.165) is 5.56 Å². The first kappa shape index (κ1) is 23.0. The van der Waals surface area contributed by atoms with Crippen molar-refractivity contribution in [2.45, 2.75) is 17.7 Å². The van der Waals surface area contributed by atoms with E-state index in [1.54, 1.807) is 13.2 Å². The van der Waals surface area contributed by atoms with Gasteiger partial charge in [0.25, 0.3) is 10.1 Å². The summed E-state index contributed by atoms with van der Waals surface area (Å²) in [4.78, 5) is 12.1. The lowest BCUT2D eigenvalue weighted by atomic mass is 10.1. The van der Waals surface area contributed by atoms with E-state index >= 15 is 0 Å². The van der Waals surface area contributed by atoms with Crippen LogP contribution in [0.4, 0.5) is 0 Å². The van der Waals surface area contributed by atoms with Gasteiger partial charge in [0.1, 0.15) is 11.5 Å². The number of rotatable bonds is 13. The van der Waals surface area contributed by atoms with Crippen molar-refractivity contribution >= 4 is 16.1 Å². The molecule has 29 heavy (non-hydrogen) atoms. The van der Waals surface area contributed by atoms with Gasteiger partial charge in [-0.2, -0.15) is 8.42 Å². The quantitative estimate of drug-likeness (QED) is 0.279. The van der Waals surface area contributed by atoms with Crippen molar-refractivity contribution in [3.63, 3.8) is 0 Å². The first-order chi connectivity index (χ1) is 14.0. The van der Waals surface area contributed by atoms with Crippen molar-refractivity contribution in [1.29, 1.82) is 0 Å². The molecule has 0 N–H and O–H groups in total. The van der Waals surface area contributed by atoms with Crippen LogP contribution in [0.15, 0.2) is 59.5 Å². The van der Waals surface area contributed by atoms with Gasteiger partial charge >= 0.3 is 5.97 Å². The summed E-state index contributed by atoms with van der Waals surface area (Å²) in [5.74, 6) is -0.743. The first-order valence-electron chi connectivity index (χ1n) is 9.31. The minimum Gasteiger partial charge on any atom is -0.460 e. The lowest BCUT2D eigenvalue weighted by molar-refractivity contribution is 0.0210. The van der Waals surface area contributed by atoms with E-state index in [9.17, 15) is 13.2 Å². The highest BCUT2D eigenvalue weighted by Gasteiger charge is 2.23.